The highest BCUT2D eigenvalue weighted by atomic mass is 16.5. The molecule has 1 amide bonds. The van der Waals surface area contributed by atoms with Crippen molar-refractivity contribution in [3.05, 3.63) is 29.3 Å². The van der Waals surface area contributed by atoms with Gasteiger partial charge in [0, 0.05) is 18.2 Å². The lowest BCUT2D eigenvalue weighted by molar-refractivity contribution is 0.0136. The van der Waals surface area contributed by atoms with Crippen molar-refractivity contribution in [1.29, 1.82) is 0 Å². The molecule has 1 fully saturated rings. The highest BCUT2D eigenvalue weighted by molar-refractivity contribution is 5.94. The SMILES string of the molecule is Cc1cc(C(=O)NC2CCOC(C)C2)ccc1O. The van der Waals surface area contributed by atoms with E-state index in [1.54, 1.807) is 25.1 Å². The predicted molar refractivity (Wildman–Crippen MR) is 68.7 cm³/mol. The summed E-state index contributed by atoms with van der Waals surface area (Å²) in [6.07, 6.45) is 1.90. The van der Waals surface area contributed by atoms with Gasteiger partial charge in [-0.2, -0.15) is 0 Å². The van der Waals surface area contributed by atoms with Gasteiger partial charge in [0.05, 0.1) is 6.10 Å². The fourth-order valence-corrected chi connectivity index (χ4v) is 2.19. The van der Waals surface area contributed by atoms with E-state index in [2.05, 4.69) is 5.32 Å². The van der Waals surface area contributed by atoms with Gasteiger partial charge in [-0.15, -0.1) is 0 Å². The lowest BCUT2D eigenvalue weighted by Crippen LogP contribution is -2.41. The van der Waals surface area contributed by atoms with Crippen LogP contribution in [-0.2, 0) is 4.74 Å². The number of phenols is 1. The number of amides is 1. The van der Waals surface area contributed by atoms with Crippen molar-refractivity contribution in [3.8, 4) is 5.75 Å². The van der Waals surface area contributed by atoms with E-state index < -0.39 is 0 Å². The molecule has 98 valence electrons. The Morgan fingerprint density at radius 1 is 1.50 bits per heavy atom. The summed E-state index contributed by atoms with van der Waals surface area (Å²) in [4.78, 5) is 12.0. The standard InChI is InChI=1S/C14H19NO3/c1-9-7-11(3-4-13(9)16)14(17)15-12-5-6-18-10(2)8-12/h3-4,7,10,12,16H,5-6,8H2,1-2H3,(H,15,17). The quantitative estimate of drug-likeness (QED) is 0.842. The summed E-state index contributed by atoms with van der Waals surface area (Å²) >= 11 is 0. The zero-order chi connectivity index (χ0) is 13.1. The van der Waals surface area contributed by atoms with Crippen LogP contribution in [0, 0.1) is 6.92 Å². The normalized spacial score (nSPS) is 23.7. The lowest BCUT2D eigenvalue weighted by atomic mass is 10.0. The van der Waals surface area contributed by atoms with Gasteiger partial charge in [0.1, 0.15) is 5.75 Å². The maximum atomic E-state index is 12.0. The van der Waals surface area contributed by atoms with Gasteiger partial charge in [-0.1, -0.05) is 0 Å². The van der Waals surface area contributed by atoms with E-state index in [0.29, 0.717) is 17.7 Å². The molecule has 0 saturated carbocycles. The van der Waals surface area contributed by atoms with Gasteiger partial charge in [-0.3, -0.25) is 4.79 Å². The van der Waals surface area contributed by atoms with Crippen LogP contribution in [0.15, 0.2) is 18.2 Å². The van der Waals surface area contributed by atoms with Crippen LogP contribution in [0.4, 0.5) is 0 Å². The van der Waals surface area contributed by atoms with Crippen LogP contribution in [0.3, 0.4) is 0 Å². The Hall–Kier alpha value is -1.55. The van der Waals surface area contributed by atoms with Crippen LogP contribution in [0.5, 0.6) is 5.75 Å². The molecule has 1 aromatic rings. The molecule has 2 rings (SSSR count). The van der Waals surface area contributed by atoms with E-state index in [1.165, 1.54) is 0 Å². The molecule has 0 aromatic heterocycles. The molecule has 4 nitrogen and oxygen atoms in total. The number of hydrogen-bond donors (Lipinski definition) is 2. The van der Waals surface area contributed by atoms with E-state index in [0.717, 1.165) is 12.8 Å². The maximum Gasteiger partial charge on any atom is 0.251 e. The molecular formula is C14H19NO3. The monoisotopic (exact) mass is 249 g/mol. The summed E-state index contributed by atoms with van der Waals surface area (Å²) in [5.74, 6) is 0.128. The number of carbonyl (C=O) groups excluding carboxylic acids is 1. The Bertz CT molecular complexity index is 445. The van der Waals surface area contributed by atoms with Crippen LogP contribution >= 0.6 is 0 Å². The minimum absolute atomic E-state index is 0.0859. The third kappa shape index (κ3) is 3.01. The smallest absolute Gasteiger partial charge is 0.251 e. The Morgan fingerprint density at radius 3 is 2.94 bits per heavy atom. The van der Waals surface area contributed by atoms with E-state index >= 15 is 0 Å². The molecule has 2 atom stereocenters. The summed E-state index contributed by atoms with van der Waals surface area (Å²) in [7, 11) is 0. The van der Waals surface area contributed by atoms with E-state index in [9.17, 15) is 9.90 Å². The van der Waals surface area contributed by atoms with Gasteiger partial charge in [0.25, 0.3) is 5.91 Å². The molecule has 2 N–H and O–H groups in total. The van der Waals surface area contributed by atoms with E-state index in [-0.39, 0.29) is 23.8 Å². The highest BCUT2D eigenvalue weighted by Gasteiger charge is 2.21. The zero-order valence-corrected chi connectivity index (χ0v) is 10.8. The third-order valence-electron chi connectivity index (χ3n) is 3.28. The fraction of sp³-hybridized carbons (Fsp3) is 0.500. The Kier molecular flexibility index (Phi) is 3.87. The van der Waals surface area contributed by atoms with Gasteiger partial charge in [0.2, 0.25) is 0 Å². The number of ether oxygens (including phenoxy) is 1. The predicted octanol–water partition coefficient (Wildman–Crippen LogP) is 2.00. The van der Waals surface area contributed by atoms with Crippen molar-refractivity contribution in [2.45, 2.75) is 38.8 Å². The summed E-state index contributed by atoms with van der Waals surface area (Å²) < 4.78 is 5.45. The minimum Gasteiger partial charge on any atom is -0.508 e. The molecule has 1 aromatic carbocycles. The van der Waals surface area contributed by atoms with Crippen LogP contribution in [0.2, 0.25) is 0 Å². The van der Waals surface area contributed by atoms with Crippen molar-refractivity contribution in [1.82, 2.24) is 5.32 Å². The second kappa shape index (κ2) is 5.40. The Balaban J connectivity index is 2.00. The molecule has 0 spiro atoms. The average molecular weight is 249 g/mol. The number of aromatic hydroxyl groups is 1. The summed E-state index contributed by atoms with van der Waals surface area (Å²) in [6, 6.07) is 5.07. The fourth-order valence-electron chi connectivity index (χ4n) is 2.19. The van der Waals surface area contributed by atoms with Crippen molar-refractivity contribution >= 4 is 5.91 Å². The second-order valence-corrected chi connectivity index (χ2v) is 4.88. The summed E-state index contributed by atoms with van der Waals surface area (Å²) in [6.45, 7) is 4.49. The van der Waals surface area contributed by atoms with Crippen molar-refractivity contribution in [2.24, 2.45) is 0 Å². The van der Waals surface area contributed by atoms with Gasteiger partial charge in [-0.25, -0.2) is 0 Å². The Labute approximate surface area is 107 Å². The minimum atomic E-state index is -0.0859. The topological polar surface area (TPSA) is 58.6 Å². The number of carbonyl (C=O) groups is 1. The summed E-state index contributed by atoms with van der Waals surface area (Å²) in [5.41, 5.74) is 1.30. The lowest BCUT2D eigenvalue weighted by Gasteiger charge is -2.28. The molecule has 0 aliphatic carbocycles. The van der Waals surface area contributed by atoms with Crippen molar-refractivity contribution in [2.75, 3.05) is 6.61 Å². The number of benzene rings is 1. The van der Waals surface area contributed by atoms with Gasteiger partial charge in [-0.05, 0) is 50.5 Å². The maximum absolute atomic E-state index is 12.0. The van der Waals surface area contributed by atoms with Crippen LogP contribution in [0.25, 0.3) is 0 Å². The largest absolute Gasteiger partial charge is 0.508 e. The van der Waals surface area contributed by atoms with Crippen molar-refractivity contribution in [3.63, 3.8) is 0 Å². The van der Waals surface area contributed by atoms with Gasteiger partial charge in [0.15, 0.2) is 0 Å². The molecule has 0 bridgehead atoms. The molecular weight excluding hydrogens is 230 g/mol. The van der Waals surface area contributed by atoms with Crippen molar-refractivity contribution < 1.29 is 14.6 Å². The summed E-state index contributed by atoms with van der Waals surface area (Å²) in [5, 5.41) is 12.4. The molecule has 1 saturated heterocycles. The number of rotatable bonds is 2. The zero-order valence-electron chi connectivity index (χ0n) is 10.8. The molecule has 4 heteroatoms. The molecule has 1 heterocycles. The first-order chi connectivity index (χ1) is 8.56. The highest BCUT2D eigenvalue weighted by Crippen LogP contribution is 2.18. The molecule has 1 aliphatic heterocycles. The molecule has 18 heavy (non-hydrogen) atoms. The average Bonchev–Trinajstić information content (AvgIpc) is 2.32. The first kappa shape index (κ1) is 12.9. The van der Waals surface area contributed by atoms with Crippen LogP contribution in [0.1, 0.15) is 35.7 Å². The first-order valence-electron chi connectivity index (χ1n) is 6.28. The molecule has 1 aliphatic rings. The van der Waals surface area contributed by atoms with Gasteiger partial charge < -0.3 is 15.2 Å². The Morgan fingerprint density at radius 2 is 2.28 bits per heavy atom. The van der Waals surface area contributed by atoms with Gasteiger partial charge >= 0.3 is 0 Å². The second-order valence-electron chi connectivity index (χ2n) is 4.88. The first-order valence-corrected chi connectivity index (χ1v) is 6.28. The number of aryl methyl sites for hydroxylation is 1. The third-order valence-corrected chi connectivity index (χ3v) is 3.28. The molecule has 2 unspecified atom stereocenters. The number of hydrogen-bond acceptors (Lipinski definition) is 3. The number of phenolic OH excluding ortho intramolecular Hbond substituents is 1. The number of nitrogens with one attached hydrogen (secondary N) is 1. The van der Waals surface area contributed by atoms with Crippen LogP contribution in [-0.4, -0.2) is 29.8 Å². The van der Waals surface area contributed by atoms with E-state index in [1.807, 2.05) is 6.92 Å². The van der Waals surface area contributed by atoms with E-state index in [4.69, 9.17) is 4.74 Å². The van der Waals surface area contributed by atoms with Crippen LogP contribution < -0.4 is 5.32 Å². The molecule has 0 radical (unpaired) electrons.